The number of nitrogen functional groups attached to an aromatic ring is 1. The second-order valence-corrected chi connectivity index (χ2v) is 6.28. The molecule has 0 spiro atoms. The van der Waals surface area contributed by atoms with Gasteiger partial charge in [-0.3, -0.25) is 4.98 Å². The van der Waals surface area contributed by atoms with Gasteiger partial charge in [-0.15, -0.1) is 0 Å². The van der Waals surface area contributed by atoms with Crippen LogP contribution in [-0.4, -0.2) is 30.7 Å². The van der Waals surface area contributed by atoms with Crippen molar-refractivity contribution in [3.05, 3.63) is 55.0 Å². The summed E-state index contributed by atoms with van der Waals surface area (Å²) < 4.78 is 7.46. The molecule has 0 amide bonds. The molecule has 0 saturated heterocycles. The molecule has 5 rings (SSSR count). The van der Waals surface area contributed by atoms with Gasteiger partial charge < -0.3 is 10.5 Å². The number of aromatic nitrogens is 5. The molecule has 7 heteroatoms. The Morgan fingerprint density at radius 2 is 1.88 bits per heavy atom. The number of nitrogens with zero attached hydrogens (tertiary/aromatic N) is 5. The number of imidazole rings is 1. The van der Waals surface area contributed by atoms with Gasteiger partial charge in [0, 0.05) is 11.8 Å². The number of nitrogens with two attached hydrogens (primary N) is 1. The molecular weight excluding hydrogens is 328 g/mol. The molecule has 7 nitrogen and oxygen atoms in total. The Labute approximate surface area is 149 Å². The van der Waals surface area contributed by atoms with Gasteiger partial charge in [0.15, 0.2) is 5.65 Å². The maximum atomic E-state index is 5.95. The van der Waals surface area contributed by atoms with Gasteiger partial charge in [0.1, 0.15) is 17.3 Å². The molecule has 26 heavy (non-hydrogen) atoms. The lowest BCUT2D eigenvalue weighted by molar-refractivity contribution is 0.302. The molecule has 4 aromatic rings. The fourth-order valence-electron chi connectivity index (χ4n) is 2.76. The first-order valence-electron chi connectivity index (χ1n) is 8.47. The largest absolute Gasteiger partial charge is 0.489 e. The van der Waals surface area contributed by atoms with Crippen molar-refractivity contribution >= 4 is 11.5 Å². The van der Waals surface area contributed by atoms with E-state index in [1.165, 1.54) is 0 Å². The normalized spacial score (nSPS) is 13.8. The third-order valence-corrected chi connectivity index (χ3v) is 4.26. The van der Waals surface area contributed by atoms with Crippen LogP contribution in [-0.2, 0) is 0 Å². The maximum Gasteiger partial charge on any atom is 0.154 e. The van der Waals surface area contributed by atoms with Crippen LogP contribution in [0.2, 0.25) is 0 Å². The molecule has 4 aromatic heterocycles. The van der Waals surface area contributed by atoms with E-state index >= 15 is 0 Å². The van der Waals surface area contributed by atoms with Crippen molar-refractivity contribution < 1.29 is 4.74 Å². The summed E-state index contributed by atoms with van der Waals surface area (Å²) in [5.41, 5.74) is 9.76. The molecule has 0 atom stereocenters. The van der Waals surface area contributed by atoms with E-state index in [4.69, 9.17) is 10.5 Å². The monoisotopic (exact) mass is 344 g/mol. The predicted octanol–water partition coefficient (Wildman–Crippen LogP) is 2.98. The van der Waals surface area contributed by atoms with Gasteiger partial charge in [-0.05, 0) is 49.2 Å². The van der Waals surface area contributed by atoms with Crippen molar-refractivity contribution in [3.63, 3.8) is 0 Å². The van der Waals surface area contributed by atoms with Crippen molar-refractivity contribution in [2.45, 2.75) is 18.9 Å². The molecular formula is C19H16N6O. The van der Waals surface area contributed by atoms with Crippen LogP contribution in [0.15, 0.2) is 55.0 Å². The summed E-state index contributed by atoms with van der Waals surface area (Å²) in [6.07, 6.45) is 7.87. The summed E-state index contributed by atoms with van der Waals surface area (Å²) in [5, 5.41) is 4.61. The third-order valence-electron chi connectivity index (χ3n) is 4.26. The van der Waals surface area contributed by atoms with Gasteiger partial charge in [-0.25, -0.2) is 14.5 Å². The van der Waals surface area contributed by atoms with Crippen molar-refractivity contribution in [1.82, 2.24) is 24.6 Å². The lowest BCUT2D eigenvalue weighted by Gasteiger charge is -2.05. The highest BCUT2D eigenvalue weighted by Gasteiger charge is 2.23. The van der Waals surface area contributed by atoms with Crippen molar-refractivity contribution in [3.8, 4) is 28.4 Å². The Morgan fingerprint density at radius 3 is 2.65 bits per heavy atom. The number of rotatable bonds is 4. The van der Waals surface area contributed by atoms with Gasteiger partial charge in [0.05, 0.1) is 29.9 Å². The standard InChI is InChI=1S/C19H16N6O/c20-19-14(2-1-9-21-19)17-11-25-18(23-17)8-7-16(24-25)15-6-5-13(10-22-15)26-12-3-4-12/h1-2,5-12H,3-4H2,(H2,20,21). The lowest BCUT2D eigenvalue weighted by atomic mass is 10.2. The van der Waals surface area contributed by atoms with Crippen molar-refractivity contribution in [2.24, 2.45) is 0 Å². The summed E-state index contributed by atoms with van der Waals surface area (Å²) >= 11 is 0. The molecule has 128 valence electrons. The lowest BCUT2D eigenvalue weighted by Crippen LogP contribution is -1.98. The van der Waals surface area contributed by atoms with Crippen LogP contribution < -0.4 is 10.5 Å². The van der Waals surface area contributed by atoms with Gasteiger partial charge in [0.25, 0.3) is 0 Å². The highest BCUT2D eigenvalue weighted by molar-refractivity contribution is 5.72. The Kier molecular flexibility index (Phi) is 3.31. The quantitative estimate of drug-likeness (QED) is 0.612. The zero-order valence-corrected chi connectivity index (χ0v) is 13.9. The van der Waals surface area contributed by atoms with Crippen LogP contribution in [0.1, 0.15) is 12.8 Å². The number of hydrogen-bond donors (Lipinski definition) is 1. The van der Waals surface area contributed by atoms with Crippen molar-refractivity contribution in [1.29, 1.82) is 0 Å². The predicted molar refractivity (Wildman–Crippen MR) is 97.5 cm³/mol. The van der Waals surface area contributed by atoms with E-state index in [1.807, 2.05) is 42.6 Å². The minimum absolute atomic E-state index is 0.362. The van der Waals surface area contributed by atoms with Crippen LogP contribution in [0, 0.1) is 0 Å². The highest BCUT2D eigenvalue weighted by atomic mass is 16.5. The van der Waals surface area contributed by atoms with Gasteiger partial charge in [-0.1, -0.05) is 0 Å². The number of ether oxygens (including phenoxy) is 1. The molecule has 1 aliphatic rings. The molecule has 0 bridgehead atoms. The Balaban J connectivity index is 1.48. The van der Waals surface area contributed by atoms with E-state index in [9.17, 15) is 0 Å². The molecule has 1 fully saturated rings. The summed E-state index contributed by atoms with van der Waals surface area (Å²) in [6.45, 7) is 0. The van der Waals surface area contributed by atoms with Crippen LogP contribution in [0.3, 0.4) is 0 Å². The molecule has 4 heterocycles. The molecule has 0 aliphatic heterocycles. The highest BCUT2D eigenvalue weighted by Crippen LogP contribution is 2.27. The summed E-state index contributed by atoms with van der Waals surface area (Å²) in [4.78, 5) is 13.1. The zero-order valence-electron chi connectivity index (χ0n) is 13.9. The van der Waals surface area contributed by atoms with Crippen LogP contribution in [0.4, 0.5) is 5.82 Å². The fourth-order valence-corrected chi connectivity index (χ4v) is 2.76. The molecule has 1 saturated carbocycles. The van der Waals surface area contributed by atoms with Gasteiger partial charge in [-0.2, -0.15) is 5.10 Å². The fraction of sp³-hybridized carbons (Fsp3) is 0.158. The Bertz CT molecular complexity index is 1080. The Morgan fingerprint density at radius 1 is 1.00 bits per heavy atom. The molecule has 0 unspecified atom stereocenters. The molecule has 0 aromatic carbocycles. The van der Waals surface area contributed by atoms with Crippen molar-refractivity contribution in [2.75, 3.05) is 5.73 Å². The molecule has 2 N–H and O–H groups in total. The Hall–Kier alpha value is -3.48. The first-order valence-corrected chi connectivity index (χ1v) is 8.47. The van der Waals surface area contributed by atoms with E-state index < -0.39 is 0 Å². The van der Waals surface area contributed by atoms with Crippen LogP contribution in [0.5, 0.6) is 5.75 Å². The second kappa shape index (κ2) is 5.80. The average molecular weight is 344 g/mol. The van der Waals surface area contributed by atoms with Gasteiger partial charge >= 0.3 is 0 Å². The second-order valence-electron chi connectivity index (χ2n) is 6.28. The SMILES string of the molecule is Nc1ncccc1-c1cn2nc(-c3ccc(OC4CC4)cn3)ccc2n1. The van der Waals surface area contributed by atoms with Crippen LogP contribution >= 0.6 is 0 Å². The van der Waals surface area contributed by atoms with E-state index in [-0.39, 0.29) is 0 Å². The minimum atomic E-state index is 0.362. The maximum absolute atomic E-state index is 5.95. The smallest absolute Gasteiger partial charge is 0.154 e. The third kappa shape index (κ3) is 2.73. The molecule has 1 aliphatic carbocycles. The summed E-state index contributed by atoms with van der Waals surface area (Å²) in [7, 11) is 0. The van der Waals surface area contributed by atoms with E-state index in [0.717, 1.165) is 46.9 Å². The average Bonchev–Trinajstić information content (AvgIpc) is 3.38. The molecule has 0 radical (unpaired) electrons. The number of hydrogen-bond acceptors (Lipinski definition) is 6. The summed E-state index contributed by atoms with van der Waals surface area (Å²) in [6, 6.07) is 11.4. The number of pyridine rings is 2. The number of fused-ring (bicyclic) bond motifs is 1. The number of anilines is 1. The summed E-state index contributed by atoms with van der Waals surface area (Å²) in [5.74, 6) is 1.25. The van der Waals surface area contributed by atoms with Crippen LogP contribution in [0.25, 0.3) is 28.3 Å². The van der Waals surface area contributed by atoms with E-state index in [1.54, 1.807) is 16.9 Å². The minimum Gasteiger partial charge on any atom is -0.489 e. The topological polar surface area (TPSA) is 91.2 Å². The first kappa shape index (κ1) is 14.8. The van der Waals surface area contributed by atoms with Gasteiger partial charge in [0.2, 0.25) is 0 Å². The van der Waals surface area contributed by atoms with E-state index in [2.05, 4.69) is 20.1 Å². The first-order chi connectivity index (χ1) is 12.8. The van der Waals surface area contributed by atoms with E-state index in [0.29, 0.717) is 11.9 Å². The zero-order chi connectivity index (χ0) is 17.5.